The predicted molar refractivity (Wildman–Crippen MR) is 52.1 cm³/mol. The average molecular weight is 173 g/mol. The van der Waals surface area contributed by atoms with Crippen molar-refractivity contribution in [2.24, 2.45) is 7.05 Å². The number of rotatable bonds is 1. The van der Waals surface area contributed by atoms with E-state index in [2.05, 4.69) is 47.8 Å². The second-order valence-corrected chi connectivity index (χ2v) is 3.18. The number of nitrogens with one attached hydrogen (secondary N) is 1. The van der Waals surface area contributed by atoms with E-state index in [1.807, 2.05) is 12.3 Å². The van der Waals surface area contributed by atoms with E-state index in [1.54, 1.807) is 0 Å². The van der Waals surface area contributed by atoms with E-state index in [9.17, 15) is 0 Å². The molecule has 2 nitrogen and oxygen atoms in total. The van der Waals surface area contributed by atoms with Gasteiger partial charge in [-0.15, -0.1) is 0 Å². The molecular formula is C11H13N2+. The molecule has 0 radical (unpaired) electrons. The molecule has 0 spiro atoms. The molecule has 2 aromatic rings. The Morgan fingerprint density at radius 2 is 1.85 bits per heavy atom. The normalized spacial score (nSPS) is 10.3. The maximum atomic E-state index is 3.20. The summed E-state index contributed by atoms with van der Waals surface area (Å²) in [5.41, 5.74) is 2.47. The summed E-state index contributed by atoms with van der Waals surface area (Å²) in [6.45, 7) is 2.06. The summed E-state index contributed by atoms with van der Waals surface area (Å²) in [5, 5.41) is 0. The summed E-state index contributed by atoms with van der Waals surface area (Å²) >= 11 is 0. The van der Waals surface area contributed by atoms with Gasteiger partial charge in [0, 0.05) is 12.5 Å². The first kappa shape index (κ1) is 8.05. The molecule has 0 saturated heterocycles. The third-order valence-corrected chi connectivity index (χ3v) is 2.35. The number of aromatic amines is 1. The van der Waals surface area contributed by atoms with Gasteiger partial charge in [0.25, 0.3) is 5.82 Å². The minimum absolute atomic E-state index is 1.17. The van der Waals surface area contributed by atoms with Crippen molar-refractivity contribution in [3.05, 3.63) is 42.4 Å². The topological polar surface area (TPSA) is 19.7 Å². The van der Waals surface area contributed by atoms with E-state index in [4.69, 9.17) is 0 Å². The number of benzene rings is 1. The van der Waals surface area contributed by atoms with Gasteiger partial charge in [-0.3, -0.25) is 0 Å². The van der Waals surface area contributed by atoms with Crippen molar-refractivity contribution < 1.29 is 4.57 Å². The number of aromatic nitrogens is 2. The quantitative estimate of drug-likeness (QED) is 0.635. The molecule has 2 heteroatoms. The van der Waals surface area contributed by atoms with Gasteiger partial charge in [0.15, 0.2) is 5.69 Å². The van der Waals surface area contributed by atoms with Gasteiger partial charge in [-0.2, -0.15) is 0 Å². The van der Waals surface area contributed by atoms with Crippen LogP contribution in [0.15, 0.2) is 36.5 Å². The maximum absolute atomic E-state index is 3.20. The first-order valence-electron chi connectivity index (χ1n) is 4.38. The van der Waals surface area contributed by atoms with Gasteiger partial charge in [0.2, 0.25) is 0 Å². The maximum Gasteiger partial charge on any atom is 0.251 e. The molecule has 1 aromatic carbocycles. The van der Waals surface area contributed by atoms with E-state index in [0.29, 0.717) is 0 Å². The molecule has 0 amide bonds. The number of hydrogen-bond donors (Lipinski definition) is 1. The van der Waals surface area contributed by atoms with E-state index in [1.165, 1.54) is 17.1 Å². The highest BCUT2D eigenvalue weighted by atomic mass is 15.0. The third kappa shape index (κ3) is 1.35. The zero-order valence-corrected chi connectivity index (χ0v) is 7.91. The fourth-order valence-electron chi connectivity index (χ4n) is 1.43. The number of imidazole rings is 1. The third-order valence-electron chi connectivity index (χ3n) is 2.35. The molecule has 0 fully saturated rings. The summed E-state index contributed by atoms with van der Waals surface area (Å²) in [7, 11) is 2.06. The molecule has 0 saturated carbocycles. The minimum atomic E-state index is 1.17. The Labute approximate surface area is 77.9 Å². The van der Waals surface area contributed by atoms with Gasteiger partial charge in [0.1, 0.15) is 6.20 Å². The number of hydrogen-bond acceptors (Lipinski definition) is 0. The molecule has 0 aliphatic heterocycles. The van der Waals surface area contributed by atoms with Crippen molar-refractivity contribution in [2.45, 2.75) is 6.92 Å². The smallest absolute Gasteiger partial charge is 0.247 e. The number of H-pyrrole nitrogens is 1. The van der Waals surface area contributed by atoms with Crippen molar-refractivity contribution >= 4 is 0 Å². The number of nitrogens with zero attached hydrogens (tertiary/aromatic N) is 1. The van der Waals surface area contributed by atoms with Crippen LogP contribution < -0.4 is 4.57 Å². The molecule has 0 aliphatic carbocycles. The van der Waals surface area contributed by atoms with Crippen molar-refractivity contribution in [1.82, 2.24) is 4.98 Å². The lowest BCUT2D eigenvalue weighted by Crippen LogP contribution is -2.31. The molecular weight excluding hydrogens is 160 g/mol. The van der Waals surface area contributed by atoms with Crippen LogP contribution in [0, 0.1) is 6.92 Å². The molecule has 13 heavy (non-hydrogen) atoms. The lowest BCUT2D eigenvalue weighted by atomic mass is 10.2. The molecule has 1 N–H and O–H groups in total. The van der Waals surface area contributed by atoms with Crippen molar-refractivity contribution in [1.29, 1.82) is 0 Å². The highest BCUT2D eigenvalue weighted by Gasteiger charge is 2.10. The average Bonchev–Trinajstić information content (AvgIpc) is 2.49. The Morgan fingerprint density at radius 1 is 1.15 bits per heavy atom. The highest BCUT2D eigenvalue weighted by Crippen LogP contribution is 2.13. The summed E-state index contributed by atoms with van der Waals surface area (Å²) in [4.78, 5) is 3.20. The van der Waals surface area contributed by atoms with Crippen LogP contribution in [0.3, 0.4) is 0 Å². The number of aryl methyl sites for hydroxylation is 1. The van der Waals surface area contributed by atoms with Gasteiger partial charge in [-0.1, -0.05) is 30.3 Å². The molecule has 2 rings (SSSR count). The summed E-state index contributed by atoms with van der Waals surface area (Å²) < 4.78 is 2.15. The molecule has 0 bridgehead atoms. The van der Waals surface area contributed by atoms with Crippen molar-refractivity contribution in [2.75, 3.05) is 0 Å². The van der Waals surface area contributed by atoms with Gasteiger partial charge >= 0.3 is 0 Å². The van der Waals surface area contributed by atoms with Crippen molar-refractivity contribution in [3.8, 4) is 11.3 Å². The molecule has 0 aliphatic rings. The van der Waals surface area contributed by atoms with E-state index in [0.717, 1.165) is 0 Å². The van der Waals surface area contributed by atoms with Crippen LogP contribution in [-0.2, 0) is 7.05 Å². The molecule has 0 unspecified atom stereocenters. The summed E-state index contributed by atoms with van der Waals surface area (Å²) in [6.07, 6.45) is 2.03. The van der Waals surface area contributed by atoms with E-state index in [-0.39, 0.29) is 0 Å². The zero-order valence-electron chi connectivity index (χ0n) is 7.91. The minimum Gasteiger partial charge on any atom is -0.247 e. The molecule has 66 valence electrons. The van der Waals surface area contributed by atoms with Gasteiger partial charge in [-0.05, 0) is 0 Å². The summed E-state index contributed by atoms with van der Waals surface area (Å²) in [5.74, 6) is 1.17. The fraction of sp³-hybridized carbons (Fsp3) is 0.182. The highest BCUT2D eigenvalue weighted by molar-refractivity contribution is 5.54. The molecule has 0 atom stereocenters. The Morgan fingerprint density at radius 3 is 2.38 bits per heavy atom. The SMILES string of the molecule is Cc1[nH]cc(-c2ccccc2)[n+]1C. The second kappa shape index (κ2) is 3.05. The summed E-state index contributed by atoms with van der Waals surface area (Å²) in [6, 6.07) is 10.4. The van der Waals surface area contributed by atoms with Crippen LogP contribution in [0.1, 0.15) is 5.82 Å². The Bertz CT molecular complexity index is 401. The zero-order chi connectivity index (χ0) is 9.26. The van der Waals surface area contributed by atoms with E-state index >= 15 is 0 Å². The molecule has 1 heterocycles. The van der Waals surface area contributed by atoms with Crippen LogP contribution in [0.5, 0.6) is 0 Å². The lowest BCUT2D eigenvalue weighted by molar-refractivity contribution is -0.665. The van der Waals surface area contributed by atoms with E-state index < -0.39 is 0 Å². The monoisotopic (exact) mass is 173 g/mol. The first-order chi connectivity index (χ1) is 6.29. The van der Waals surface area contributed by atoms with Crippen LogP contribution in [0.25, 0.3) is 11.3 Å². The van der Waals surface area contributed by atoms with Gasteiger partial charge in [-0.25, -0.2) is 9.55 Å². The van der Waals surface area contributed by atoms with Crippen LogP contribution in [0.2, 0.25) is 0 Å². The van der Waals surface area contributed by atoms with Gasteiger partial charge < -0.3 is 0 Å². The first-order valence-corrected chi connectivity index (χ1v) is 4.38. The molecule has 1 aromatic heterocycles. The fourth-order valence-corrected chi connectivity index (χ4v) is 1.43. The lowest BCUT2D eigenvalue weighted by Gasteiger charge is -1.95. The Kier molecular flexibility index (Phi) is 1.89. The Balaban J connectivity index is 2.53. The van der Waals surface area contributed by atoms with Crippen LogP contribution in [-0.4, -0.2) is 4.98 Å². The standard InChI is InChI=1S/C11H12N2/c1-9-12-8-11(13(9)2)10-6-4-3-5-7-10/h3-8H,1-2H3/p+1. The predicted octanol–water partition coefficient (Wildman–Crippen LogP) is 1.81. The Hall–Kier alpha value is -1.57. The van der Waals surface area contributed by atoms with Crippen molar-refractivity contribution in [3.63, 3.8) is 0 Å². The largest absolute Gasteiger partial charge is 0.251 e. The van der Waals surface area contributed by atoms with Crippen LogP contribution >= 0.6 is 0 Å². The van der Waals surface area contributed by atoms with Crippen LogP contribution in [0.4, 0.5) is 0 Å². The van der Waals surface area contributed by atoms with Gasteiger partial charge in [0.05, 0.1) is 7.05 Å². The second-order valence-electron chi connectivity index (χ2n) is 3.18.